The summed E-state index contributed by atoms with van der Waals surface area (Å²) in [6, 6.07) is 0. The van der Waals surface area contributed by atoms with Gasteiger partial charge in [0.15, 0.2) is 0 Å². The first-order valence-electron chi connectivity index (χ1n) is 6.87. The van der Waals surface area contributed by atoms with Crippen molar-refractivity contribution in [3.63, 3.8) is 0 Å². The minimum absolute atomic E-state index is 0. The molecule has 2 aromatic rings. The highest BCUT2D eigenvalue weighted by Crippen LogP contribution is 2.11. The Morgan fingerprint density at radius 2 is 2.05 bits per heavy atom. The zero-order valence-electron chi connectivity index (χ0n) is 12.9. The Morgan fingerprint density at radius 3 is 2.62 bits per heavy atom. The Bertz CT molecular complexity index is 576. The summed E-state index contributed by atoms with van der Waals surface area (Å²) in [6.07, 6.45) is 3.88. The number of hydrogen-bond acceptors (Lipinski definition) is 3. The first-order chi connectivity index (χ1) is 9.47. The minimum atomic E-state index is -0.273. The van der Waals surface area contributed by atoms with Crippen LogP contribution in [0.2, 0.25) is 0 Å². The lowest BCUT2D eigenvalue weighted by atomic mass is 10.2. The molecule has 0 spiro atoms. The van der Waals surface area contributed by atoms with E-state index in [0.717, 1.165) is 17.8 Å². The molecular formula is C14H23ClFN5. The third kappa shape index (κ3) is 4.54. The van der Waals surface area contributed by atoms with Crippen LogP contribution in [0.25, 0.3) is 0 Å². The van der Waals surface area contributed by atoms with Gasteiger partial charge in [-0.25, -0.2) is 4.68 Å². The molecule has 2 rings (SSSR count). The van der Waals surface area contributed by atoms with Gasteiger partial charge >= 0.3 is 0 Å². The number of halogens is 2. The Kier molecular flexibility index (Phi) is 6.36. The molecule has 7 heteroatoms. The summed E-state index contributed by atoms with van der Waals surface area (Å²) < 4.78 is 17.0. The zero-order chi connectivity index (χ0) is 14.7. The van der Waals surface area contributed by atoms with Crippen molar-refractivity contribution < 1.29 is 4.39 Å². The lowest BCUT2D eigenvalue weighted by Gasteiger charge is -2.04. The third-order valence-corrected chi connectivity index (χ3v) is 3.14. The quantitative estimate of drug-likeness (QED) is 0.890. The van der Waals surface area contributed by atoms with Gasteiger partial charge in [0, 0.05) is 44.0 Å². The minimum Gasteiger partial charge on any atom is -0.308 e. The second-order valence-corrected chi connectivity index (χ2v) is 5.55. The van der Waals surface area contributed by atoms with E-state index >= 15 is 0 Å². The molecule has 0 aliphatic rings. The molecule has 2 aromatic heterocycles. The lowest BCUT2D eigenvalue weighted by molar-refractivity contribution is 0.482. The monoisotopic (exact) mass is 315 g/mol. The van der Waals surface area contributed by atoms with Gasteiger partial charge in [0.1, 0.15) is 0 Å². The molecule has 0 aliphatic carbocycles. The Labute approximate surface area is 130 Å². The average molecular weight is 316 g/mol. The van der Waals surface area contributed by atoms with E-state index in [-0.39, 0.29) is 18.4 Å². The molecule has 0 bridgehead atoms. The molecule has 0 fully saturated rings. The number of rotatable bonds is 6. The van der Waals surface area contributed by atoms with Crippen LogP contribution >= 0.6 is 12.4 Å². The fraction of sp³-hybridized carbons (Fsp3) is 0.571. The highest BCUT2D eigenvalue weighted by molar-refractivity contribution is 5.85. The molecule has 118 valence electrons. The second-order valence-electron chi connectivity index (χ2n) is 5.55. The number of hydrogen-bond donors (Lipinski definition) is 1. The van der Waals surface area contributed by atoms with Crippen molar-refractivity contribution in [3.8, 4) is 0 Å². The molecule has 21 heavy (non-hydrogen) atoms. The molecular weight excluding hydrogens is 293 g/mol. The van der Waals surface area contributed by atoms with Crippen LogP contribution in [0.5, 0.6) is 0 Å². The van der Waals surface area contributed by atoms with Gasteiger partial charge in [0.05, 0.1) is 11.9 Å². The van der Waals surface area contributed by atoms with E-state index in [1.807, 2.05) is 24.0 Å². The van der Waals surface area contributed by atoms with E-state index in [1.54, 1.807) is 7.05 Å². The molecule has 0 saturated carbocycles. The van der Waals surface area contributed by atoms with Crippen LogP contribution in [0, 0.1) is 18.8 Å². The number of aromatic nitrogens is 4. The summed E-state index contributed by atoms with van der Waals surface area (Å²) in [6.45, 7) is 8.20. The van der Waals surface area contributed by atoms with E-state index in [4.69, 9.17) is 0 Å². The maximum atomic E-state index is 13.7. The van der Waals surface area contributed by atoms with Crippen molar-refractivity contribution in [3.05, 3.63) is 35.2 Å². The first kappa shape index (κ1) is 17.7. The highest BCUT2D eigenvalue weighted by Gasteiger charge is 2.12. The molecule has 0 unspecified atom stereocenters. The standard InChI is InChI=1S/C14H22FN5.ClH/c1-10(2)8-20-9-12(6-17-20)5-16-7-13-11(3)18-19(4)14(13)15;/h6,9-10,16H,5,7-8H2,1-4H3;1H. The lowest BCUT2D eigenvalue weighted by Crippen LogP contribution is -2.14. The van der Waals surface area contributed by atoms with Crippen LogP contribution in [0.4, 0.5) is 4.39 Å². The maximum Gasteiger partial charge on any atom is 0.215 e. The molecule has 1 N–H and O–H groups in total. The van der Waals surface area contributed by atoms with Crippen LogP contribution in [-0.4, -0.2) is 19.6 Å². The summed E-state index contributed by atoms with van der Waals surface area (Å²) in [4.78, 5) is 0. The number of aryl methyl sites for hydroxylation is 2. The van der Waals surface area contributed by atoms with Gasteiger partial charge in [-0.2, -0.15) is 14.6 Å². The van der Waals surface area contributed by atoms with Gasteiger partial charge in [-0.15, -0.1) is 12.4 Å². The molecule has 2 heterocycles. The van der Waals surface area contributed by atoms with Crippen LogP contribution in [0.15, 0.2) is 12.4 Å². The van der Waals surface area contributed by atoms with Gasteiger partial charge in [0.25, 0.3) is 0 Å². The Hall–Kier alpha value is -1.40. The van der Waals surface area contributed by atoms with Crippen molar-refractivity contribution >= 4 is 12.4 Å². The van der Waals surface area contributed by atoms with E-state index in [1.165, 1.54) is 4.68 Å². The van der Waals surface area contributed by atoms with Gasteiger partial charge in [-0.3, -0.25) is 4.68 Å². The molecule has 0 atom stereocenters. The summed E-state index contributed by atoms with van der Waals surface area (Å²) in [5.74, 6) is 0.299. The molecule has 0 aromatic carbocycles. The predicted octanol–water partition coefficient (Wildman–Crippen LogP) is 2.43. The summed E-state index contributed by atoms with van der Waals surface area (Å²) >= 11 is 0. The fourth-order valence-corrected chi connectivity index (χ4v) is 2.18. The van der Waals surface area contributed by atoms with Crippen LogP contribution < -0.4 is 5.32 Å². The Balaban J connectivity index is 0.00000220. The highest BCUT2D eigenvalue weighted by atomic mass is 35.5. The van der Waals surface area contributed by atoms with E-state index in [2.05, 4.69) is 29.4 Å². The first-order valence-corrected chi connectivity index (χ1v) is 6.87. The van der Waals surface area contributed by atoms with Gasteiger partial charge in [-0.1, -0.05) is 13.8 Å². The number of nitrogens with one attached hydrogen (secondary N) is 1. The zero-order valence-corrected chi connectivity index (χ0v) is 13.7. The van der Waals surface area contributed by atoms with Gasteiger partial charge < -0.3 is 5.32 Å². The SMILES string of the molecule is Cc1nn(C)c(F)c1CNCc1cnn(CC(C)C)c1.Cl. The van der Waals surface area contributed by atoms with Gasteiger partial charge in [-0.05, 0) is 12.8 Å². The molecule has 0 aliphatic heterocycles. The summed E-state index contributed by atoms with van der Waals surface area (Å²) in [7, 11) is 1.61. The normalized spacial score (nSPS) is 11.0. The number of nitrogens with zero attached hydrogens (tertiary/aromatic N) is 4. The molecule has 0 amide bonds. The molecule has 0 radical (unpaired) electrons. The Morgan fingerprint density at radius 1 is 1.33 bits per heavy atom. The summed E-state index contributed by atoms with van der Waals surface area (Å²) in [5, 5.41) is 11.6. The largest absolute Gasteiger partial charge is 0.308 e. The topological polar surface area (TPSA) is 47.7 Å². The predicted molar refractivity (Wildman–Crippen MR) is 82.8 cm³/mol. The van der Waals surface area contributed by atoms with Crippen LogP contribution in [0.3, 0.4) is 0 Å². The van der Waals surface area contributed by atoms with Crippen molar-refractivity contribution in [1.82, 2.24) is 24.9 Å². The van der Waals surface area contributed by atoms with Crippen molar-refractivity contribution in [1.29, 1.82) is 0 Å². The average Bonchev–Trinajstić information content (AvgIpc) is 2.88. The van der Waals surface area contributed by atoms with E-state index in [9.17, 15) is 4.39 Å². The second kappa shape index (κ2) is 7.56. The van der Waals surface area contributed by atoms with Gasteiger partial charge in [0.2, 0.25) is 5.95 Å². The van der Waals surface area contributed by atoms with E-state index in [0.29, 0.717) is 24.6 Å². The maximum absolute atomic E-state index is 13.7. The van der Waals surface area contributed by atoms with Crippen molar-refractivity contribution in [2.75, 3.05) is 0 Å². The van der Waals surface area contributed by atoms with Crippen LogP contribution in [0.1, 0.15) is 30.7 Å². The van der Waals surface area contributed by atoms with Crippen molar-refractivity contribution in [2.24, 2.45) is 13.0 Å². The smallest absolute Gasteiger partial charge is 0.215 e. The third-order valence-electron chi connectivity index (χ3n) is 3.14. The van der Waals surface area contributed by atoms with Crippen molar-refractivity contribution in [2.45, 2.75) is 40.4 Å². The molecule has 0 saturated heterocycles. The summed E-state index contributed by atoms with van der Waals surface area (Å²) in [5.41, 5.74) is 2.46. The molecule has 5 nitrogen and oxygen atoms in total. The fourth-order valence-electron chi connectivity index (χ4n) is 2.18. The van der Waals surface area contributed by atoms with E-state index < -0.39 is 0 Å². The van der Waals surface area contributed by atoms with Crippen LogP contribution in [-0.2, 0) is 26.7 Å².